The van der Waals surface area contributed by atoms with Crippen LogP contribution in [0.5, 0.6) is 0 Å². The Labute approximate surface area is 200 Å². The molecule has 0 saturated carbocycles. The van der Waals surface area contributed by atoms with Crippen LogP contribution in [0.2, 0.25) is 10.0 Å². The molecule has 1 fully saturated rings. The lowest BCUT2D eigenvalue weighted by Crippen LogP contribution is -2.49. The molecule has 1 N–H and O–H groups in total. The predicted octanol–water partition coefficient (Wildman–Crippen LogP) is 4.45. The smallest absolute Gasteiger partial charge is 0.244 e. The van der Waals surface area contributed by atoms with Gasteiger partial charge in [0.05, 0.1) is 11.9 Å². The summed E-state index contributed by atoms with van der Waals surface area (Å²) in [6, 6.07) is 11.7. The minimum absolute atomic E-state index is 0.262. The number of hydrogen-bond acceptors (Lipinski definition) is 4. The molecular weight excluding hydrogens is 469 g/mol. The Balaban J connectivity index is 1.69. The topological polar surface area (TPSA) is 69.7 Å². The summed E-state index contributed by atoms with van der Waals surface area (Å²) in [6.07, 6.45) is 3.87. The van der Waals surface area contributed by atoms with E-state index in [2.05, 4.69) is 22.3 Å². The molecule has 0 aliphatic carbocycles. The maximum absolute atomic E-state index is 13.0. The van der Waals surface area contributed by atoms with Gasteiger partial charge in [0, 0.05) is 23.1 Å². The Kier molecular flexibility index (Phi) is 8.44. The Bertz CT molecular complexity index is 1020. The maximum Gasteiger partial charge on any atom is 0.244 e. The fourth-order valence-corrected chi connectivity index (χ4v) is 5.71. The molecular formula is C23H29Cl2N3O3S. The molecule has 0 aromatic heterocycles. The number of anilines is 1. The summed E-state index contributed by atoms with van der Waals surface area (Å²) in [5.74, 6) is -0.379. The molecule has 0 spiro atoms. The van der Waals surface area contributed by atoms with Crippen LogP contribution in [0.1, 0.15) is 37.3 Å². The van der Waals surface area contributed by atoms with E-state index >= 15 is 0 Å². The van der Waals surface area contributed by atoms with Crippen LogP contribution in [-0.2, 0) is 27.9 Å². The Morgan fingerprint density at radius 2 is 1.62 bits per heavy atom. The third-order valence-corrected chi connectivity index (χ3v) is 7.14. The first-order chi connectivity index (χ1) is 15.2. The van der Waals surface area contributed by atoms with Gasteiger partial charge < -0.3 is 5.32 Å². The third-order valence-electron chi connectivity index (χ3n) is 5.53. The van der Waals surface area contributed by atoms with Gasteiger partial charge in [0.1, 0.15) is 6.04 Å². The normalized spacial score (nSPS) is 15.5. The van der Waals surface area contributed by atoms with Gasteiger partial charge >= 0.3 is 0 Å². The molecule has 9 heteroatoms. The van der Waals surface area contributed by atoms with E-state index in [1.54, 1.807) is 6.92 Å². The second kappa shape index (κ2) is 10.9. The largest absolute Gasteiger partial charge is 0.350 e. The van der Waals surface area contributed by atoms with Crippen LogP contribution in [0, 0.1) is 0 Å². The zero-order valence-corrected chi connectivity index (χ0v) is 20.7. The number of nitrogens with zero attached hydrogens (tertiary/aromatic N) is 2. The Morgan fingerprint density at radius 1 is 1.06 bits per heavy atom. The highest BCUT2D eigenvalue weighted by molar-refractivity contribution is 7.92. The summed E-state index contributed by atoms with van der Waals surface area (Å²) < 4.78 is 26.2. The first kappa shape index (κ1) is 24.8. The highest BCUT2D eigenvalue weighted by atomic mass is 35.5. The molecule has 2 aromatic rings. The van der Waals surface area contributed by atoms with E-state index in [0.29, 0.717) is 16.6 Å². The van der Waals surface area contributed by atoms with Crippen LogP contribution in [-0.4, -0.2) is 44.6 Å². The van der Waals surface area contributed by atoms with Gasteiger partial charge in [-0.1, -0.05) is 54.4 Å². The number of likely N-dealkylation sites (tertiary alicyclic amines) is 1. The molecule has 1 aliphatic heterocycles. The van der Waals surface area contributed by atoms with Crippen molar-refractivity contribution in [3.63, 3.8) is 0 Å². The molecule has 0 bridgehead atoms. The van der Waals surface area contributed by atoms with Gasteiger partial charge in [0.15, 0.2) is 0 Å². The summed E-state index contributed by atoms with van der Waals surface area (Å²) in [7, 11) is -3.76. The second-order valence-corrected chi connectivity index (χ2v) is 10.9. The molecule has 32 heavy (non-hydrogen) atoms. The molecule has 0 radical (unpaired) electrons. The fourth-order valence-electron chi connectivity index (χ4n) is 4.00. The Morgan fingerprint density at radius 3 is 2.16 bits per heavy atom. The molecule has 1 saturated heterocycles. The lowest BCUT2D eigenvalue weighted by molar-refractivity contribution is -0.122. The molecule has 6 nitrogen and oxygen atoms in total. The zero-order valence-electron chi connectivity index (χ0n) is 18.4. The van der Waals surface area contributed by atoms with Crippen LogP contribution in [0.4, 0.5) is 5.69 Å². The standard InChI is InChI=1S/C23H29Cl2N3O3S/c1-3-22(28(32(2,30)31)21-13-19(24)12-20(25)14-21)23(29)26-15-17-6-8-18(9-7-17)16-27-10-4-5-11-27/h6-9,12-14,22H,3-5,10-11,15-16H2,1-2H3,(H,26,29)/t22-/m1/s1. The van der Waals surface area contributed by atoms with E-state index < -0.39 is 16.1 Å². The van der Waals surface area contributed by atoms with Gasteiger partial charge in [-0.3, -0.25) is 14.0 Å². The molecule has 1 atom stereocenters. The van der Waals surface area contributed by atoms with Gasteiger partial charge in [-0.2, -0.15) is 0 Å². The summed E-state index contributed by atoms with van der Waals surface area (Å²) >= 11 is 12.1. The Hall–Kier alpha value is -1.80. The van der Waals surface area contributed by atoms with Gasteiger partial charge in [0.25, 0.3) is 0 Å². The van der Waals surface area contributed by atoms with Crippen molar-refractivity contribution in [1.29, 1.82) is 0 Å². The van der Waals surface area contributed by atoms with Crippen molar-refractivity contribution in [1.82, 2.24) is 10.2 Å². The highest BCUT2D eigenvalue weighted by Gasteiger charge is 2.31. The summed E-state index contributed by atoms with van der Waals surface area (Å²) in [5.41, 5.74) is 2.46. The van der Waals surface area contributed by atoms with Crippen LogP contribution < -0.4 is 9.62 Å². The van der Waals surface area contributed by atoms with Crippen molar-refractivity contribution in [2.75, 3.05) is 23.7 Å². The number of nitrogens with one attached hydrogen (secondary N) is 1. The first-order valence-corrected chi connectivity index (χ1v) is 13.3. The number of benzene rings is 2. The SMILES string of the molecule is CC[C@H](C(=O)NCc1ccc(CN2CCCC2)cc1)N(c1cc(Cl)cc(Cl)c1)S(C)(=O)=O. The van der Waals surface area contributed by atoms with Crippen LogP contribution in [0.3, 0.4) is 0 Å². The number of carbonyl (C=O) groups excluding carboxylic acids is 1. The second-order valence-electron chi connectivity index (χ2n) is 8.13. The number of halogens is 2. The van der Waals surface area contributed by atoms with E-state index in [1.165, 1.54) is 36.6 Å². The van der Waals surface area contributed by atoms with Crippen molar-refractivity contribution in [2.24, 2.45) is 0 Å². The van der Waals surface area contributed by atoms with E-state index in [4.69, 9.17) is 23.2 Å². The number of rotatable bonds is 9. The van der Waals surface area contributed by atoms with Crippen LogP contribution >= 0.6 is 23.2 Å². The van der Waals surface area contributed by atoms with E-state index in [1.807, 2.05) is 12.1 Å². The summed E-state index contributed by atoms with van der Waals surface area (Å²) in [6.45, 7) is 5.31. The minimum Gasteiger partial charge on any atom is -0.350 e. The van der Waals surface area contributed by atoms with E-state index in [0.717, 1.165) is 35.8 Å². The maximum atomic E-state index is 13.0. The number of sulfonamides is 1. The average Bonchev–Trinajstić information content (AvgIpc) is 3.22. The highest BCUT2D eigenvalue weighted by Crippen LogP contribution is 2.29. The number of carbonyl (C=O) groups is 1. The number of hydrogen-bond donors (Lipinski definition) is 1. The fraction of sp³-hybridized carbons (Fsp3) is 0.435. The van der Waals surface area contributed by atoms with Crippen molar-refractivity contribution >= 4 is 44.8 Å². The van der Waals surface area contributed by atoms with Crippen molar-refractivity contribution in [3.05, 3.63) is 63.6 Å². The van der Waals surface area contributed by atoms with Crippen molar-refractivity contribution < 1.29 is 13.2 Å². The van der Waals surface area contributed by atoms with Crippen molar-refractivity contribution in [2.45, 2.75) is 45.3 Å². The lowest BCUT2D eigenvalue weighted by Gasteiger charge is -2.30. The van der Waals surface area contributed by atoms with E-state index in [9.17, 15) is 13.2 Å². The molecule has 2 aromatic carbocycles. The predicted molar refractivity (Wildman–Crippen MR) is 131 cm³/mol. The van der Waals surface area contributed by atoms with Crippen molar-refractivity contribution in [3.8, 4) is 0 Å². The van der Waals surface area contributed by atoms with Gasteiger partial charge in [-0.25, -0.2) is 8.42 Å². The monoisotopic (exact) mass is 497 g/mol. The molecule has 1 heterocycles. The minimum atomic E-state index is -3.76. The van der Waals surface area contributed by atoms with Crippen LogP contribution in [0.15, 0.2) is 42.5 Å². The van der Waals surface area contributed by atoms with Crippen LogP contribution in [0.25, 0.3) is 0 Å². The van der Waals surface area contributed by atoms with E-state index in [-0.39, 0.29) is 18.0 Å². The molecule has 1 amide bonds. The third kappa shape index (κ3) is 6.61. The first-order valence-electron chi connectivity index (χ1n) is 10.7. The molecule has 0 unspecified atom stereocenters. The molecule has 3 rings (SSSR count). The summed E-state index contributed by atoms with van der Waals surface area (Å²) in [5, 5.41) is 3.47. The average molecular weight is 498 g/mol. The molecule has 1 aliphatic rings. The van der Waals surface area contributed by atoms with Gasteiger partial charge in [-0.05, 0) is 61.7 Å². The lowest BCUT2D eigenvalue weighted by atomic mass is 10.1. The van der Waals surface area contributed by atoms with Gasteiger partial charge in [0.2, 0.25) is 15.9 Å². The number of amides is 1. The molecule has 174 valence electrons. The summed E-state index contributed by atoms with van der Waals surface area (Å²) in [4.78, 5) is 15.4. The zero-order chi connectivity index (χ0) is 23.3. The quantitative estimate of drug-likeness (QED) is 0.555. The van der Waals surface area contributed by atoms with Gasteiger partial charge in [-0.15, -0.1) is 0 Å².